The Kier molecular flexibility index (Phi) is 4.50. The molecule has 2 heterocycles. The molecule has 2 bridgehead atoms. The quantitative estimate of drug-likeness (QED) is 0.191. The van der Waals surface area contributed by atoms with Crippen molar-refractivity contribution in [3.05, 3.63) is 150 Å². The molecule has 0 radical (unpaired) electrons. The third-order valence-corrected chi connectivity index (χ3v) is 11.2. The molecule has 45 heavy (non-hydrogen) atoms. The molecule has 0 saturated heterocycles. The molecule has 1 spiro atoms. The first-order chi connectivity index (χ1) is 22.3. The topological polar surface area (TPSA) is 16.4 Å². The zero-order valence-electron chi connectivity index (χ0n) is 24.8. The Labute approximate surface area is 261 Å². The fourth-order valence-corrected chi connectivity index (χ4v) is 9.45. The predicted molar refractivity (Wildman–Crippen MR) is 186 cm³/mol. The van der Waals surface area contributed by atoms with Crippen LogP contribution >= 0.6 is 0 Å². The Morgan fingerprint density at radius 2 is 1.27 bits per heavy atom. The summed E-state index contributed by atoms with van der Waals surface area (Å²) in [5.74, 6) is 0.689. The molecule has 1 aliphatic heterocycles. The van der Waals surface area contributed by atoms with E-state index in [1.807, 2.05) is 0 Å². The number of furan rings is 1. The van der Waals surface area contributed by atoms with Crippen LogP contribution in [-0.4, -0.2) is 0 Å². The summed E-state index contributed by atoms with van der Waals surface area (Å²) in [7, 11) is 0. The van der Waals surface area contributed by atoms with Crippen LogP contribution in [0.3, 0.4) is 0 Å². The summed E-state index contributed by atoms with van der Waals surface area (Å²) in [5.41, 5.74) is 12.9. The van der Waals surface area contributed by atoms with Crippen LogP contribution in [0.25, 0.3) is 54.6 Å². The van der Waals surface area contributed by atoms with E-state index in [0.29, 0.717) is 5.92 Å². The molecular weight excluding hydrogens is 546 g/mol. The molecule has 2 nitrogen and oxygen atoms in total. The molecule has 1 saturated carbocycles. The lowest BCUT2D eigenvalue weighted by Gasteiger charge is -2.43. The van der Waals surface area contributed by atoms with Crippen LogP contribution in [0, 0.1) is 0 Å². The summed E-state index contributed by atoms with van der Waals surface area (Å²) in [4.78, 5) is 2.50. The number of fused-ring (bicyclic) bond motifs is 11. The second kappa shape index (κ2) is 8.43. The first kappa shape index (κ1) is 24.0. The van der Waals surface area contributed by atoms with Crippen LogP contribution in [-0.2, 0) is 5.41 Å². The van der Waals surface area contributed by atoms with Gasteiger partial charge in [-0.1, -0.05) is 109 Å². The van der Waals surface area contributed by atoms with E-state index in [1.165, 1.54) is 68.8 Å². The lowest BCUT2D eigenvalue weighted by atomic mass is 9.70. The number of anilines is 3. The zero-order chi connectivity index (χ0) is 29.3. The van der Waals surface area contributed by atoms with Gasteiger partial charge in [0, 0.05) is 32.8 Å². The SMILES string of the molecule is c1ccc2c(c1)N(c1ccc(-c3cccc4c3oc3c5ccccc5c5ccccc5c43)cc1)c1cccc3c1C21CCC3C1. The minimum absolute atomic E-state index is 0.176. The van der Waals surface area contributed by atoms with Crippen molar-refractivity contribution in [2.75, 3.05) is 4.90 Å². The molecule has 11 rings (SSSR count). The normalized spacial score (nSPS) is 19.6. The van der Waals surface area contributed by atoms with E-state index in [1.54, 1.807) is 11.1 Å². The van der Waals surface area contributed by atoms with Crippen LogP contribution in [0.5, 0.6) is 0 Å². The summed E-state index contributed by atoms with van der Waals surface area (Å²) >= 11 is 0. The van der Waals surface area contributed by atoms with E-state index in [2.05, 4.69) is 138 Å². The summed E-state index contributed by atoms with van der Waals surface area (Å²) < 4.78 is 6.85. The molecule has 2 aliphatic carbocycles. The van der Waals surface area contributed by atoms with Gasteiger partial charge >= 0.3 is 0 Å². The second-order valence-corrected chi connectivity index (χ2v) is 13.2. The number of hydrogen-bond acceptors (Lipinski definition) is 2. The van der Waals surface area contributed by atoms with Crippen LogP contribution in [0.4, 0.5) is 17.1 Å². The summed E-state index contributed by atoms with van der Waals surface area (Å²) in [6.45, 7) is 0. The van der Waals surface area contributed by atoms with Crippen molar-refractivity contribution in [1.29, 1.82) is 0 Å². The second-order valence-electron chi connectivity index (χ2n) is 13.2. The number of rotatable bonds is 2. The molecule has 7 aromatic carbocycles. The Bertz CT molecular complexity index is 2540. The van der Waals surface area contributed by atoms with Gasteiger partial charge in [0.25, 0.3) is 0 Å². The summed E-state index contributed by atoms with van der Waals surface area (Å²) in [6, 6.07) is 49.2. The molecule has 8 aromatic rings. The van der Waals surface area contributed by atoms with Gasteiger partial charge in [-0.05, 0) is 87.9 Å². The van der Waals surface area contributed by atoms with Crippen molar-refractivity contribution in [1.82, 2.24) is 0 Å². The minimum Gasteiger partial charge on any atom is -0.455 e. The molecular formula is C43H29NO. The van der Waals surface area contributed by atoms with E-state index in [9.17, 15) is 0 Å². The maximum atomic E-state index is 6.85. The third-order valence-electron chi connectivity index (χ3n) is 11.2. The highest BCUT2D eigenvalue weighted by Crippen LogP contribution is 2.67. The van der Waals surface area contributed by atoms with Crippen molar-refractivity contribution in [2.45, 2.75) is 30.6 Å². The summed E-state index contributed by atoms with van der Waals surface area (Å²) in [5, 5.41) is 7.26. The lowest BCUT2D eigenvalue weighted by molar-refractivity contribution is 0.544. The average Bonchev–Trinajstić information content (AvgIpc) is 3.81. The van der Waals surface area contributed by atoms with Crippen LogP contribution in [0.15, 0.2) is 138 Å². The average molecular weight is 576 g/mol. The molecule has 212 valence electrons. The van der Waals surface area contributed by atoms with E-state index >= 15 is 0 Å². The van der Waals surface area contributed by atoms with Gasteiger partial charge in [-0.25, -0.2) is 0 Å². The Hall–Kier alpha value is -5.34. The van der Waals surface area contributed by atoms with Gasteiger partial charge in [0.05, 0.1) is 11.4 Å². The minimum atomic E-state index is 0.176. The van der Waals surface area contributed by atoms with Crippen molar-refractivity contribution < 1.29 is 4.42 Å². The van der Waals surface area contributed by atoms with Gasteiger partial charge < -0.3 is 9.32 Å². The van der Waals surface area contributed by atoms with Gasteiger partial charge in [-0.15, -0.1) is 0 Å². The fraction of sp³-hybridized carbons (Fsp3) is 0.116. The number of nitrogens with zero attached hydrogens (tertiary/aromatic N) is 1. The Morgan fingerprint density at radius 1 is 0.578 bits per heavy atom. The first-order valence-corrected chi connectivity index (χ1v) is 16.2. The van der Waals surface area contributed by atoms with Gasteiger partial charge in [-0.2, -0.15) is 0 Å². The Morgan fingerprint density at radius 3 is 2.13 bits per heavy atom. The van der Waals surface area contributed by atoms with E-state index in [-0.39, 0.29) is 5.41 Å². The highest BCUT2D eigenvalue weighted by Gasteiger charge is 2.55. The highest BCUT2D eigenvalue weighted by atomic mass is 16.3. The van der Waals surface area contributed by atoms with Crippen molar-refractivity contribution in [2.24, 2.45) is 0 Å². The van der Waals surface area contributed by atoms with Crippen molar-refractivity contribution in [3.63, 3.8) is 0 Å². The van der Waals surface area contributed by atoms with Gasteiger partial charge in [0.15, 0.2) is 0 Å². The summed E-state index contributed by atoms with van der Waals surface area (Å²) in [6.07, 6.45) is 3.82. The van der Waals surface area contributed by atoms with Gasteiger partial charge in [0.1, 0.15) is 11.2 Å². The molecule has 2 heteroatoms. The molecule has 2 atom stereocenters. The maximum absolute atomic E-state index is 6.85. The fourth-order valence-electron chi connectivity index (χ4n) is 9.45. The zero-order valence-corrected chi connectivity index (χ0v) is 24.8. The predicted octanol–water partition coefficient (Wildman–Crippen LogP) is 11.9. The lowest BCUT2D eigenvalue weighted by Crippen LogP contribution is -2.32. The van der Waals surface area contributed by atoms with Gasteiger partial charge in [-0.3, -0.25) is 0 Å². The standard InChI is InChI=1S/C43H29NO/c1-3-11-33-31(9-1)32-10-2-4-12-34(32)42-39(33)35-15-7-14-30(41(35)45-42)26-19-21-28(22-20-26)44-37-17-6-5-16-36(37)43-24-23-27(25-43)29-13-8-18-38(44)40(29)43/h1-22,27H,23-25H2. The monoisotopic (exact) mass is 575 g/mol. The van der Waals surface area contributed by atoms with E-state index in [4.69, 9.17) is 4.42 Å². The van der Waals surface area contributed by atoms with Crippen LogP contribution < -0.4 is 4.90 Å². The molecule has 0 N–H and O–H groups in total. The molecule has 2 unspecified atom stereocenters. The smallest absolute Gasteiger partial charge is 0.143 e. The molecule has 1 fully saturated rings. The first-order valence-electron chi connectivity index (χ1n) is 16.2. The van der Waals surface area contributed by atoms with E-state index in [0.717, 1.165) is 27.7 Å². The molecule has 3 aliphatic rings. The van der Waals surface area contributed by atoms with E-state index < -0.39 is 0 Å². The van der Waals surface area contributed by atoms with Crippen LogP contribution in [0.2, 0.25) is 0 Å². The van der Waals surface area contributed by atoms with Gasteiger partial charge in [0.2, 0.25) is 0 Å². The highest BCUT2D eigenvalue weighted by molar-refractivity contribution is 6.30. The Balaban J connectivity index is 1.10. The maximum Gasteiger partial charge on any atom is 0.143 e. The third kappa shape index (κ3) is 2.95. The number of hydrogen-bond donors (Lipinski definition) is 0. The number of benzene rings is 7. The largest absolute Gasteiger partial charge is 0.455 e. The van der Waals surface area contributed by atoms with Crippen LogP contribution in [0.1, 0.15) is 41.9 Å². The molecule has 1 aromatic heterocycles. The van der Waals surface area contributed by atoms with Crippen molar-refractivity contribution >= 4 is 60.5 Å². The molecule has 0 amide bonds. The van der Waals surface area contributed by atoms with Crippen molar-refractivity contribution in [3.8, 4) is 11.1 Å². The number of para-hydroxylation sites is 2.